The first-order valence-corrected chi connectivity index (χ1v) is 4.27. The number of aromatic hydroxyl groups is 1. The second-order valence-corrected chi connectivity index (χ2v) is 2.91. The molecule has 0 heterocycles. The van der Waals surface area contributed by atoms with Crippen LogP contribution in [0, 0.1) is 11.8 Å². The molecular formula is C11H8O5. The number of phenols is 1. The molecule has 1 aromatic carbocycles. The van der Waals surface area contributed by atoms with Gasteiger partial charge in [0.2, 0.25) is 0 Å². The van der Waals surface area contributed by atoms with Crippen molar-refractivity contribution in [2.75, 3.05) is 0 Å². The molecule has 0 aliphatic rings. The highest BCUT2D eigenvalue weighted by Gasteiger charge is 2.05. The molecule has 0 unspecified atom stereocenters. The molecule has 0 aliphatic heterocycles. The molecule has 0 saturated heterocycles. The number of benzene rings is 1. The number of hydrogen-bond donors (Lipinski definition) is 3. The molecule has 1 rings (SSSR count). The molecule has 5 nitrogen and oxygen atoms in total. The quantitative estimate of drug-likeness (QED) is 0.644. The van der Waals surface area contributed by atoms with Gasteiger partial charge < -0.3 is 15.3 Å². The smallest absolute Gasteiger partial charge is 0.335 e. The topological polar surface area (TPSA) is 94.8 Å². The van der Waals surface area contributed by atoms with E-state index in [0.717, 1.165) is 6.07 Å². The molecule has 0 saturated carbocycles. The van der Waals surface area contributed by atoms with Gasteiger partial charge in [0.05, 0.1) is 11.1 Å². The predicted molar refractivity (Wildman–Crippen MR) is 54.2 cm³/mol. The van der Waals surface area contributed by atoms with Crippen LogP contribution in [0.5, 0.6) is 5.75 Å². The van der Waals surface area contributed by atoms with Gasteiger partial charge in [0.1, 0.15) is 12.2 Å². The van der Waals surface area contributed by atoms with E-state index in [0.29, 0.717) is 0 Å². The van der Waals surface area contributed by atoms with Crippen LogP contribution >= 0.6 is 0 Å². The maximum atomic E-state index is 10.5. The fraction of sp³-hybridized carbons (Fsp3) is 0.0909. The number of carboxylic acids is 2. The van der Waals surface area contributed by atoms with Crippen LogP contribution in [0.1, 0.15) is 22.3 Å². The summed E-state index contributed by atoms with van der Waals surface area (Å²) < 4.78 is 0. The molecule has 1 aromatic rings. The summed E-state index contributed by atoms with van der Waals surface area (Å²) in [4.78, 5) is 20.7. The third-order valence-electron chi connectivity index (χ3n) is 1.71. The van der Waals surface area contributed by atoms with Crippen molar-refractivity contribution in [1.82, 2.24) is 0 Å². The minimum absolute atomic E-state index is 0.0544. The van der Waals surface area contributed by atoms with E-state index < -0.39 is 11.9 Å². The van der Waals surface area contributed by atoms with Crippen molar-refractivity contribution < 1.29 is 24.9 Å². The molecule has 0 fully saturated rings. The van der Waals surface area contributed by atoms with Crippen LogP contribution < -0.4 is 0 Å². The Bertz CT molecular complexity index is 493. The highest BCUT2D eigenvalue weighted by atomic mass is 16.4. The van der Waals surface area contributed by atoms with Gasteiger partial charge in [-0.15, -0.1) is 0 Å². The molecule has 0 bridgehead atoms. The minimum atomic E-state index is -1.15. The molecule has 5 heteroatoms. The summed E-state index contributed by atoms with van der Waals surface area (Å²) in [6.07, 6.45) is -0.333. The molecule has 0 aromatic heterocycles. The van der Waals surface area contributed by atoms with Gasteiger partial charge in [-0.2, -0.15) is 0 Å². The van der Waals surface area contributed by atoms with Crippen molar-refractivity contribution >= 4 is 11.9 Å². The predicted octanol–water partition coefficient (Wildman–Crippen LogP) is 0.917. The van der Waals surface area contributed by atoms with E-state index >= 15 is 0 Å². The van der Waals surface area contributed by atoms with Crippen LogP contribution in [0.4, 0.5) is 0 Å². The fourth-order valence-electron chi connectivity index (χ4n) is 0.985. The Hall–Kier alpha value is -2.48. The van der Waals surface area contributed by atoms with Gasteiger partial charge in [-0.1, -0.05) is 11.8 Å². The second kappa shape index (κ2) is 4.84. The maximum absolute atomic E-state index is 10.5. The standard InChI is InChI=1S/C11H8O5/c12-9-6-8(11(15)16)5-4-7(9)2-1-3-10(13)14/h4-6,12H,3H2,(H,13,14)(H,15,16). The number of carboxylic acid groups (broad SMARTS) is 2. The van der Waals surface area contributed by atoms with E-state index in [9.17, 15) is 14.7 Å². The largest absolute Gasteiger partial charge is 0.507 e. The first-order chi connectivity index (χ1) is 7.50. The lowest BCUT2D eigenvalue weighted by Gasteiger charge is -1.98. The fourth-order valence-corrected chi connectivity index (χ4v) is 0.985. The Morgan fingerprint density at radius 3 is 2.44 bits per heavy atom. The van der Waals surface area contributed by atoms with E-state index in [-0.39, 0.29) is 23.3 Å². The monoisotopic (exact) mass is 220 g/mol. The Balaban J connectivity index is 2.94. The summed E-state index contributed by atoms with van der Waals surface area (Å²) >= 11 is 0. The van der Waals surface area contributed by atoms with E-state index in [2.05, 4.69) is 11.8 Å². The number of rotatable bonds is 2. The van der Waals surface area contributed by atoms with E-state index in [1.165, 1.54) is 12.1 Å². The SMILES string of the molecule is O=C(O)CC#Cc1ccc(C(=O)O)cc1O. The molecule has 16 heavy (non-hydrogen) atoms. The van der Waals surface area contributed by atoms with Crippen molar-refractivity contribution in [2.45, 2.75) is 6.42 Å². The van der Waals surface area contributed by atoms with Gasteiger partial charge in [0, 0.05) is 0 Å². The first kappa shape index (κ1) is 11.6. The zero-order valence-electron chi connectivity index (χ0n) is 8.10. The van der Waals surface area contributed by atoms with Crippen LogP contribution in [-0.2, 0) is 4.79 Å². The lowest BCUT2D eigenvalue weighted by Crippen LogP contribution is -1.95. The van der Waals surface area contributed by atoms with E-state index in [1.807, 2.05) is 0 Å². The second-order valence-electron chi connectivity index (χ2n) is 2.91. The number of carbonyl (C=O) groups is 2. The van der Waals surface area contributed by atoms with Gasteiger partial charge in [-0.25, -0.2) is 4.79 Å². The van der Waals surface area contributed by atoms with Crippen molar-refractivity contribution in [1.29, 1.82) is 0 Å². The lowest BCUT2D eigenvalue weighted by atomic mass is 10.1. The number of aromatic carboxylic acids is 1. The van der Waals surface area contributed by atoms with Crippen LogP contribution in [0.3, 0.4) is 0 Å². The Kier molecular flexibility index (Phi) is 3.51. The van der Waals surface area contributed by atoms with Gasteiger partial charge in [-0.05, 0) is 18.2 Å². The third-order valence-corrected chi connectivity index (χ3v) is 1.71. The first-order valence-electron chi connectivity index (χ1n) is 4.27. The molecular weight excluding hydrogens is 212 g/mol. The summed E-state index contributed by atoms with van der Waals surface area (Å²) in [5.74, 6) is 2.28. The normalized spacial score (nSPS) is 9.00. The number of hydrogen-bond acceptors (Lipinski definition) is 3. The lowest BCUT2D eigenvalue weighted by molar-refractivity contribution is -0.135. The van der Waals surface area contributed by atoms with E-state index in [1.54, 1.807) is 0 Å². The summed E-state index contributed by atoms with van der Waals surface area (Å²) in [7, 11) is 0. The van der Waals surface area contributed by atoms with Crippen molar-refractivity contribution in [3.8, 4) is 17.6 Å². The van der Waals surface area contributed by atoms with Crippen molar-refractivity contribution in [2.24, 2.45) is 0 Å². The minimum Gasteiger partial charge on any atom is -0.507 e. The molecule has 0 aliphatic carbocycles. The third kappa shape index (κ3) is 3.03. The molecule has 0 amide bonds. The van der Waals surface area contributed by atoms with Gasteiger partial charge >= 0.3 is 11.9 Å². The van der Waals surface area contributed by atoms with Gasteiger partial charge in [0.25, 0.3) is 0 Å². The summed E-state index contributed by atoms with van der Waals surface area (Å²) in [6.45, 7) is 0. The van der Waals surface area contributed by atoms with Crippen molar-refractivity contribution in [3.05, 3.63) is 29.3 Å². The van der Waals surface area contributed by atoms with Crippen molar-refractivity contribution in [3.63, 3.8) is 0 Å². The van der Waals surface area contributed by atoms with Crippen LogP contribution in [0.25, 0.3) is 0 Å². The number of phenolic OH excluding ortho intramolecular Hbond substituents is 1. The van der Waals surface area contributed by atoms with E-state index in [4.69, 9.17) is 10.2 Å². The summed E-state index contributed by atoms with van der Waals surface area (Å²) in [5.41, 5.74) is 0.146. The number of aliphatic carboxylic acids is 1. The average molecular weight is 220 g/mol. The average Bonchev–Trinajstić information content (AvgIpc) is 2.19. The van der Waals surface area contributed by atoms with Crippen LogP contribution in [0.2, 0.25) is 0 Å². The molecule has 0 atom stereocenters. The van der Waals surface area contributed by atoms with Crippen LogP contribution in [0.15, 0.2) is 18.2 Å². The van der Waals surface area contributed by atoms with Crippen LogP contribution in [-0.4, -0.2) is 27.3 Å². The van der Waals surface area contributed by atoms with Gasteiger partial charge in [0.15, 0.2) is 0 Å². The Morgan fingerprint density at radius 2 is 1.94 bits per heavy atom. The zero-order valence-corrected chi connectivity index (χ0v) is 8.10. The highest BCUT2D eigenvalue weighted by Crippen LogP contribution is 2.17. The molecule has 0 radical (unpaired) electrons. The maximum Gasteiger partial charge on any atom is 0.335 e. The zero-order chi connectivity index (χ0) is 12.1. The van der Waals surface area contributed by atoms with Gasteiger partial charge in [-0.3, -0.25) is 4.79 Å². The molecule has 82 valence electrons. The highest BCUT2D eigenvalue weighted by molar-refractivity contribution is 5.88. The Morgan fingerprint density at radius 1 is 1.25 bits per heavy atom. The summed E-state index contributed by atoms with van der Waals surface area (Å²) in [5, 5.41) is 26.4. The Labute approximate surface area is 91.0 Å². The summed E-state index contributed by atoms with van der Waals surface area (Å²) in [6, 6.07) is 3.67. The molecule has 3 N–H and O–H groups in total. The molecule has 0 spiro atoms.